The summed E-state index contributed by atoms with van der Waals surface area (Å²) in [5, 5.41) is 16.7. The van der Waals surface area contributed by atoms with Crippen molar-refractivity contribution in [2.75, 3.05) is 25.6 Å². The number of aliphatic hydroxyl groups excluding tert-OH is 1. The van der Waals surface area contributed by atoms with Crippen molar-refractivity contribution in [3.05, 3.63) is 52.4 Å². The SMILES string of the molecule is COC12C(CO)C3=C(C(=O)C(C)=C(Nc4cccc(C)c4)C3=O)N1CC1NC12. The zero-order valence-electron chi connectivity index (χ0n) is 16.1. The van der Waals surface area contributed by atoms with Gasteiger partial charge in [0, 0.05) is 36.5 Å². The summed E-state index contributed by atoms with van der Waals surface area (Å²) < 4.78 is 5.89. The summed E-state index contributed by atoms with van der Waals surface area (Å²) in [5.74, 6) is -0.990. The lowest BCUT2D eigenvalue weighted by atomic mass is 9.82. The molecule has 2 fully saturated rings. The van der Waals surface area contributed by atoms with Crippen LogP contribution >= 0.6 is 0 Å². The molecule has 1 aromatic carbocycles. The number of hydrogen-bond donors (Lipinski definition) is 3. The summed E-state index contributed by atoms with van der Waals surface area (Å²) in [6.07, 6.45) is 0. The van der Waals surface area contributed by atoms with Gasteiger partial charge in [-0.05, 0) is 31.5 Å². The maximum atomic E-state index is 13.5. The number of Topliss-reactive ketones (excluding diaryl/α,β-unsaturated/α-hetero) is 2. The fourth-order valence-corrected chi connectivity index (χ4v) is 5.16. The zero-order chi connectivity index (χ0) is 19.8. The molecule has 4 aliphatic rings. The quantitative estimate of drug-likeness (QED) is 0.522. The van der Waals surface area contributed by atoms with Crippen molar-refractivity contribution >= 4 is 17.3 Å². The van der Waals surface area contributed by atoms with E-state index in [1.807, 2.05) is 36.1 Å². The van der Waals surface area contributed by atoms with Gasteiger partial charge in [-0.1, -0.05) is 12.1 Å². The maximum absolute atomic E-state index is 13.5. The van der Waals surface area contributed by atoms with Gasteiger partial charge in [0.1, 0.15) is 0 Å². The minimum absolute atomic E-state index is 0.00865. The number of ketones is 2. The largest absolute Gasteiger partial charge is 0.396 e. The fraction of sp³-hybridized carbons (Fsp3) is 0.429. The highest BCUT2D eigenvalue weighted by atomic mass is 16.5. The standard InChI is InChI=1S/C21H23N3O4/c1-10-5-4-6-12(7-10)22-16-11(2)18(26)17-15(19(16)27)13(9-25)21(28-3)20-14(23-20)8-24(17)21/h4-7,13-14,20,22-23,25H,8-9H2,1-3H3. The summed E-state index contributed by atoms with van der Waals surface area (Å²) in [4.78, 5) is 28.7. The van der Waals surface area contributed by atoms with Crippen LogP contribution in [0.3, 0.4) is 0 Å². The Balaban J connectivity index is 1.58. The number of benzene rings is 1. The molecule has 1 aromatic rings. The van der Waals surface area contributed by atoms with Crippen LogP contribution in [-0.4, -0.2) is 59.6 Å². The highest BCUT2D eigenvalue weighted by Gasteiger charge is 2.72. The van der Waals surface area contributed by atoms with Crippen LogP contribution in [0.15, 0.2) is 46.8 Å². The van der Waals surface area contributed by atoms with Crippen molar-refractivity contribution in [3.63, 3.8) is 0 Å². The molecule has 2 saturated heterocycles. The van der Waals surface area contributed by atoms with Crippen LogP contribution in [0, 0.1) is 12.8 Å². The summed E-state index contributed by atoms with van der Waals surface area (Å²) in [6, 6.07) is 7.88. The van der Waals surface area contributed by atoms with Gasteiger partial charge >= 0.3 is 0 Å². The first kappa shape index (κ1) is 17.6. The van der Waals surface area contributed by atoms with Gasteiger partial charge in [0.15, 0.2) is 5.72 Å². The van der Waals surface area contributed by atoms with Gasteiger partial charge in [-0.3, -0.25) is 9.59 Å². The zero-order valence-corrected chi connectivity index (χ0v) is 16.1. The third-order valence-corrected chi connectivity index (χ3v) is 6.51. The van der Waals surface area contributed by atoms with E-state index < -0.39 is 11.6 Å². The monoisotopic (exact) mass is 381 g/mol. The van der Waals surface area contributed by atoms with Crippen molar-refractivity contribution in [1.29, 1.82) is 0 Å². The van der Waals surface area contributed by atoms with Crippen LogP contribution in [-0.2, 0) is 14.3 Å². The first-order valence-corrected chi connectivity index (χ1v) is 9.51. The van der Waals surface area contributed by atoms with Gasteiger partial charge in [0.2, 0.25) is 11.6 Å². The van der Waals surface area contributed by atoms with Crippen LogP contribution < -0.4 is 10.6 Å². The maximum Gasteiger partial charge on any atom is 0.208 e. The minimum atomic E-state index is -0.880. The fourth-order valence-electron chi connectivity index (χ4n) is 5.16. The Hall–Kier alpha value is -2.48. The summed E-state index contributed by atoms with van der Waals surface area (Å²) in [7, 11) is 1.58. The van der Waals surface area contributed by atoms with Gasteiger partial charge in [-0.25, -0.2) is 0 Å². The van der Waals surface area contributed by atoms with E-state index in [1.54, 1.807) is 14.0 Å². The molecule has 7 heteroatoms. The second kappa shape index (κ2) is 5.76. The van der Waals surface area contributed by atoms with E-state index in [1.165, 1.54) is 0 Å². The molecule has 0 radical (unpaired) electrons. The average molecular weight is 381 g/mol. The molecule has 5 rings (SSSR count). The van der Waals surface area contributed by atoms with E-state index in [4.69, 9.17) is 4.74 Å². The molecule has 146 valence electrons. The molecule has 4 atom stereocenters. The average Bonchev–Trinajstić information content (AvgIpc) is 3.29. The highest BCUT2D eigenvalue weighted by Crippen LogP contribution is 2.55. The van der Waals surface area contributed by atoms with Crippen LogP contribution in [0.4, 0.5) is 5.69 Å². The van der Waals surface area contributed by atoms with Crippen molar-refractivity contribution in [3.8, 4) is 0 Å². The first-order chi connectivity index (χ1) is 13.4. The number of nitrogens with one attached hydrogen (secondary N) is 2. The van der Waals surface area contributed by atoms with Gasteiger partial charge in [0.25, 0.3) is 0 Å². The number of allylic oxidation sites excluding steroid dienone is 2. The molecule has 0 spiro atoms. The number of rotatable bonds is 4. The van der Waals surface area contributed by atoms with E-state index in [9.17, 15) is 14.7 Å². The molecule has 3 aliphatic heterocycles. The Morgan fingerprint density at radius 3 is 2.79 bits per heavy atom. The van der Waals surface area contributed by atoms with E-state index >= 15 is 0 Å². The van der Waals surface area contributed by atoms with E-state index in [-0.39, 0.29) is 36.0 Å². The van der Waals surface area contributed by atoms with Gasteiger partial charge < -0.3 is 25.4 Å². The summed E-state index contributed by atoms with van der Waals surface area (Å²) in [5.41, 5.74) is 2.35. The smallest absolute Gasteiger partial charge is 0.208 e. The van der Waals surface area contributed by atoms with Crippen molar-refractivity contribution in [1.82, 2.24) is 10.2 Å². The van der Waals surface area contributed by atoms with Crippen molar-refractivity contribution in [2.45, 2.75) is 31.7 Å². The van der Waals surface area contributed by atoms with Gasteiger partial charge in [-0.2, -0.15) is 0 Å². The van der Waals surface area contributed by atoms with E-state index in [0.29, 0.717) is 23.4 Å². The molecule has 0 saturated carbocycles. The predicted octanol–water partition coefficient (Wildman–Crippen LogP) is 0.708. The second-order valence-electron chi connectivity index (χ2n) is 7.97. The number of carbonyl (C=O) groups is 2. The Morgan fingerprint density at radius 1 is 1.32 bits per heavy atom. The Labute approximate surface area is 163 Å². The number of aryl methyl sites for hydroxylation is 1. The number of nitrogens with zero attached hydrogens (tertiary/aromatic N) is 1. The van der Waals surface area contributed by atoms with Crippen LogP contribution in [0.1, 0.15) is 12.5 Å². The van der Waals surface area contributed by atoms with Gasteiger partial charge in [0.05, 0.1) is 30.0 Å². The highest BCUT2D eigenvalue weighted by molar-refractivity contribution is 6.26. The number of aliphatic hydroxyl groups is 1. The molecule has 7 nitrogen and oxygen atoms in total. The molecule has 0 bridgehead atoms. The minimum Gasteiger partial charge on any atom is -0.396 e. The number of carbonyl (C=O) groups excluding carboxylic acids is 2. The van der Waals surface area contributed by atoms with Crippen LogP contribution in [0.5, 0.6) is 0 Å². The molecule has 0 aromatic heterocycles. The molecule has 3 heterocycles. The lowest BCUT2D eigenvalue weighted by Crippen LogP contribution is -2.54. The van der Waals surface area contributed by atoms with E-state index in [2.05, 4.69) is 10.6 Å². The lowest BCUT2D eigenvalue weighted by Gasteiger charge is -2.39. The Bertz CT molecular complexity index is 982. The topological polar surface area (TPSA) is 101 Å². The Kier molecular flexibility index (Phi) is 3.62. The number of ether oxygens (including phenoxy) is 1. The molecular formula is C21H23N3O4. The first-order valence-electron chi connectivity index (χ1n) is 9.51. The normalized spacial score (nSPS) is 33.3. The summed E-state index contributed by atoms with van der Waals surface area (Å²) >= 11 is 0. The number of fused-ring (bicyclic) bond motifs is 4. The van der Waals surface area contributed by atoms with Crippen molar-refractivity contribution < 1.29 is 19.4 Å². The number of hydrogen-bond acceptors (Lipinski definition) is 7. The van der Waals surface area contributed by atoms with Crippen LogP contribution in [0.2, 0.25) is 0 Å². The molecule has 4 unspecified atom stereocenters. The number of anilines is 1. The van der Waals surface area contributed by atoms with Crippen molar-refractivity contribution in [2.24, 2.45) is 5.92 Å². The Morgan fingerprint density at radius 2 is 2.11 bits per heavy atom. The molecule has 28 heavy (non-hydrogen) atoms. The lowest BCUT2D eigenvalue weighted by molar-refractivity contribution is -0.137. The predicted molar refractivity (Wildman–Crippen MR) is 102 cm³/mol. The third kappa shape index (κ3) is 2.04. The molecule has 0 amide bonds. The number of methoxy groups -OCH3 is 1. The second-order valence-corrected chi connectivity index (χ2v) is 7.97. The number of piperazine rings is 1. The van der Waals surface area contributed by atoms with E-state index in [0.717, 1.165) is 11.3 Å². The van der Waals surface area contributed by atoms with Crippen LogP contribution in [0.25, 0.3) is 0 Å². The molecule has 1 aliphatic carbocycles. The van der Waals surface area contributed by atoms with Gasteiger partial charge in [-0.15, -0.1) is 0 Å². The molecular weight excluding hydrogens is 358 g/mol. The summed E-state index contributed by atoms with van der Waals surface area (Å²) in [6.45, 7) is 3.98. The molecule has 3 N–H and O–H groups in total. The third-order valence-electron chi connectivity index (χ3n) is 6.51.